The minimum absolute atomic E-state index is 0.116. The van der Waals surface area contributed by atoms with E-state index >= 15 is 0 Å². The monoisotopic (exact) mass is 239 g/mol. The molecule has 0 aliphatic carbocycles. The molecule has 0 aromatic heterocycles. The molecule has 0 saturated heterocycles. The normalized spacial score (nSPS) is 11.9. The maximum Gasteiger partial charge on any atom is 0.308 e. The van der Waals surface area contributed by atoms with Crippen molar-refractivity contribution in [2.75, 3.05) is 6.61 Å². The van der Waals surface area contributed by atoms with Crippen LogP contribution >= 0.6 is 0 Å². The number of hydrogen-bond donors (Lipinski definition) is 1. The van der Waals surface area contributed by atoms with E-state index in [0.717, 1.165) is 0 Å². The number of benzene rings is 1. The Morgan fingerprint density at radius 1 is 1.53 bits per heavy atom. The second kappa shape index (κ2) is 5.95. The molecule has 0 aliphatic heterocycles. The molecule has 0 saturated carbocycles. The third-order valence-electron chi connectivity index (χ3n) is 2.16. The summed E-state index contributed by atoms with van der Waals surface area (Å²) in [6.07, 6.45) is -1.52. The number of aliphatic hydroxyl groups excluding tert-OH is 1. The minimum Gasteiger partial charge on any atom is -0.466 e. The number of para-hydroxylation sites is 1. The second-order valence-corrected chi connectivity index (χ2v) is 3.34. The van der Waals surface area contributed by atoms with Crippen LogP contribution in [-0.4, -0.2) is 22.6 Å². The van der Waals surface area contributed by atoms with Gasteiger partial charge in [0.25, 0.3) is 5.69 Å². The molecule has 1 rings (SSSR count). The van der Waals surface area contributed by atoms with Crippen molar-refractivity contribution < 1.29 is 19.6 Å². The summed E-state index contributed by atoms with van der Waals surface area (Å²) < 4.78 is 4.67. The summed E-state index contributed by atoms with van der Waals surface area (Å²) in [4.78, 5) is 21.3. The average molecular weight is 239 g/mol. The van der Waals surface area contributed by atoms with Crippen LogP contribution in [0.3, 0.4) is 0 Å². The zero-order valence-electron chi connectivity index (χ0n) is 9.33. The fourth-order valence-corrected chi connectivity index (χ4v) is 1.42. The van der Waals surface area contributed by atoms with Crippen molar-refractivity contribution in [3.8, 4) is 0 Å². The second-order valence-electron chi connectivity index (χ2n) is 3.34. The third kappa shape index (κ3) is 3.53. The number of nitrogens with zero attached hydrogens (tertiary/aromatic N) is 1. The zero-order valence-corrected chi connectivity index (χ0v) is 9.33. The van der Waals surface area contributed by atoms with Crippen LogP contribution in [0.25, 0.3) is 0 Å². The first-order valence-electron chi connectivity index (χ1n) is 5.13. The van der Waals surface area contributed by atoms with Crippen molar-refractivity contribution in [1.29, 1.82) is 0 Å². The third-order valence-corrected chi connectivity index (χ3v) is 2.16. The van der Waals surface area contributed by atoms with Crippen molar-refractivity contribution in [3.05, 3.63) is 39.9 Å². The highest BCUT2D eigenvalue weighted by Gasteiger charge is 2.22. The molecule has 0 radical (unpaired) electrons. The van der Waals surface area contributed by atoms with E-state index < -0.39 is 17.0 Å². The lowest BCUT2D eigenvalue weighted by molar-refractivity contribution is -0.386. The number of aliphatic hydroxyl groups is 1. The first kappa shape index (κ1) is 13.1. The van der Waals surface area contributed by atoms with E-state index in [1.165, 1.54) is 18.2 Å². The van der Waals surface area contributed by atoms with Crippen molar-refractivity contribution in [2.24, 2.45) is 0 Å². The Balaban J connectivity index is 2.85. The van der Waals surface area contributed by atoms with Gasteiger partial charge in [0.2, 0.25) is 0 Å². The van der Waals surface area contributed by atoms with Gasteiger partial charge in [-0.15, -0.1) is 0 Å². The summed E-state index contributed by atoms with van der Waals surface area (Å²) >= 11 is 0. The molecule has 0 amide bonds. The summed E-state index contributed by atoms with van der Waals surface area (Å²) in [5.41, 5.74) is -0.0881. The molecule has 0 heterocycles. The number of carbonyl (C=O) groups is 1. The van der Waals surface area contributed by atoms with Gasteiger partial charge >= 0.3 is 5.97 Å². The van der Waals surface area contributed by atoms with Crippen LogP contribution in [-0.2, 0) is 9.53 Å². The van der Waals surface area contributed by atoms with Gasteiger partial charge in [-0.05, 0) is 13.0 Å². The Morgan fingerprint density at radius 3 is 2.76 bits per heavy atom. The van der Waals surface area contributed by atoms with Gasteiger partial charge in [-0.2, -0.15) is 0 Å². The van der Waals surface area contributed by atoms with E-state index in [4.69, 9.17) is 0 Å². The molecule has 17 heavy (non-hydrogen) atoms. The first-order chi connectivity index (χ1) is 8.06. The van der Waals surface area contributed by atoms with Gasteiger partial charge in [0, 0.05) is 6.07 Å². The maximum absolute atomic E-state index is 11.2. The topological polar surface area (TPSA) is 89.7 Å². The number of rotatable bonds is 5. The Kier molecular flexibility index (Phi) is 4.59. The van der Waals surface area contributed by atoms with E-state index in [2.05, 4.69) is 4.74 Å². The highest BCUT2D eigenvalue weighted by Crippen LogP contribution is 2.26. The van der Waals surface area contributed by atoms with Crippen LogP contribution in [0.15, 0.2) is 24.3 Å². The quantitative estimate of drug-likeness (QED) is 0.478. The first-order valence-corrected chi connectivity index (χ1v) is 5.13. The lowest BCUT2D eigenvalue weighted by Gasteiger charge is -2.10. The number of ether oxygens (including phenoxy) is 1. The highest BCUT2D eigenvalue weighted by molar-refractivity contribution is 5.70. The predicted molar refractivity (Wildman–Crippen MR) is 59.3 cm³/mol. The molecule has 1 aromatic carbocycles. The minimum atomic E-state index is -1.23. The summed E-state index contributed by atoms with van der Waals surface area (Å²) in [6, 6.07) is 5.77. The van der Waals surface area contributed by atoms with Crippen molar-refractivity contribution in [1.82, 2.24) is 0 Å². The molecule has 1 atom stereocenters. The standard InChI is InChI=1S/C11H13NO5/c1-2-17-11(14)7-10(13)8-5-3-4-6-9(8)12(15)16/h3-6,10,13H,2,7H2,1H3. The molecular weight excluding hydrogens is 226 g/mol. The van der Waals surface area contributed by atoms with Crippen molar-refractivity contribution in [3.63, 3.8) is 0 Å². The van der Waals surface area contributed by atoms with E-state index in [9.17, 15) is 20.0 Å². The largest absolute Gasteiger partial charge is 0.466 e. The van der Waals surface area contributed by atoms with Gasteiger partial charge in [-0.3, -0.25) is 14.9 Å². The molecular formula is C11H13NO5. The van der Waals surface area contributed by atoms with Crippen LogP contribution in [0.4, 0.5) is 5.69 Å². The summed E-state index contributed by atoms with van der Waals surface area (Å²) in [5, 5.41) is 20.5. The number of hydrogen-bond acceptors (Lipinski definition) is 5. The van der Waals surface area contributed by atoms with Gasteiger partial charge in [0.05, 0.1) is 29.6 Å². The van der Waals surface area contributed by atoms with Crippen LogP contribution < -0.4 is 0 Å². The molecule has 0 bridgehead atoms. The van der Waals surface area contributed by atoms with Gasteiger partial charge in [0.1, 0.15) is 0 Å². The van der Waals surface area contributed by atoms with Gasteiger partial charge in [-0.1, -0.05) is 12.1 Å². The Hall–Kier alpha value is -1.95. The van der Waals surface area contributed by atoms with Gasteiger partial charge in [0.15, 0.2) is 0 Å². The molecule has 1 unspecified atom stereocenters. The molecule has 92 valence electrons. The van der Waals surface area contributed by atoms with Crippen molar-refractivity contribution in [2.45, 2.75) is 19.4 Å². The number of esters is 1. The molecule has 1 N–H and O–H groups in total. The fourth-order valence-electron chi connectivity index (χ4n) is 1.42. The Morgan fingerprint density at radius 2 is 2.18 bits per heavy atom. The van der Waals surface area contributed by atoms with E-state index in [0.29, 0.717) is 0 Å². The number of carbonyl (C=O) groups excluding carboxylic acids is 1. The lowest BCUT2D eigenvalue weighted by Crippen LogP contribution is -2.11. The number of nitro groups is 1. The molecule has 0 fully saturated rings. The summed E-state index contributed by atoms with van der Waals surface area (Å²) in [7, 11) is 0. The smallest absolute Gasteiger partial charge is 0.308 e. The average Bonchev–Trinajstić information content (AvgIpc) is 2.29. The van der Waals surface area contributed by atoms with E-state index in [-0.39, 0.29) is 24.3 Å². The van der Waals surface area contributed by atoms with Crippen LogP contribution in [0.1, 0.15) is 25.0 Å². The Labute approximate surface area is 98.0 Å². The predicted octanol–water partition coefficient (Wildman–Crippen LogP) is 1.58. The van der Waals surface area contributed by atoms with E-state index in [1.807, 2.05) is 0 Å². The molecule has 1 aromatic rings. The molecule has 6 nitrogen and oxygen atoms in total. The zero-order chi connectivity index (χ0) is 12.8. The Bertz CT molecular complexity index is 418. The number of nitro benzene ring substituents is 1. The molecule has 6 heteroatoms. The van der Waals surface area contributed by atoms with Crippen molar-refractivity contribution >= 4 is 11.7 Å². The van der Waals surface area contributed by atoms with Crippen LogP contribution in [0, 0.1) is 10.1 Å². The SMILES string of the molecule is CCOC(=O)CC(O)c1ccccc1[N+](=O)[O-]. The summed E-state index contributed by atoms with van der Waals surface area (Å²) in [6.45, 7) is 1.86. The van der Waals surface area contributed by atoms with Gasteiger partial charge < -0.3 is 9.84 Å². The summed E-state index contributed by atoms with van der Waals surface area (Å²) in [5.74, 6) is -0.585. The lowest BCUT2D eigenvalue weighted by atomic mass is 10.0. The fraction of sp³-hybridized carbons (Fsp3) is 0.364. The van der Waals surface area contributed by atoms with E-state index in [1.54, 1.807) is 13.0 Å². The van der Waals surface area contributed by atoms with Crippen LogP contribution in [0.5, 0.6) is 0 Å². The van der Waals surface area contributed by atoms with Crippen LogP contribution in [0.2, 0.25) is 0 Å². The highest BCUT2D eigenvalue weighted by atomic mass is 16.6. The molecule has 0 aliphatic rings. The van der Waals surface area contributed by atoms with Gasteiger partial charge in [-0.25, -0.2) is 0 Å². The molecule has 0 spiro atoms. The maximum atomic E-state index is 11.2.